The molecule has 4 heterocycles. The topological polar surface area (TPSA) is 114 Å². The molecule has 1 saturated carbocycles. The highest BCUT2D eigenvalue weighted by Gasteiger charge is 2.47. The van der Waals surface area contributed by atoms with E-state index in [1.807, 2.05) is 0 Å². The fourth-order valence-corrected chi connectivity index (χ4v) is 4.23. The van der Waals surface area contributed by atoms with Gasteiger partial charge in [0.05, 0.1) is 6.04 Å². The van der Waals surface area contributed by atoms with Crippen molar-refractivity contribution in [1.29, 1.82) is 0 Å². The number of cyclic esters (lactones) is 1. The van der Waals surface area contributed by atoms with Gasteiger partial charge in [-0.3, -0.25) is 9.59 Å². The number of alkyl carbamates (subject to hydrolysis) is 1. The summed E-state index contributed by atoms with van der Waals surface area (Å²) in [6, 6.07) is 0.692. The summed E-state index contributed by atoms with van der Waals surface area (Å²) in [7, 11) is 0. The van der Waals surface area contributed by atoms with Crippen LogP contribution < -0.4 is 10.6 Å². The molecule has 1 aromatic heterocycles. The van der Waals surface area contributed by atoms with E-state index in [0.717, 1.165) is 19.3 Å². The Labute approximate surface area is 150 Å². The fraction of sp³-hybridized carbons (Fsp3) is 0.588. The molecular formula is C17H21N5O4. The Morgan fingerprint density at radius 1 is 1.38 bits per heavy atom. The van der Waals surface area contributed by atoms with Crippen molar-refractivity contribution in [2.45, 2.75) is 50.4 Å². The largest absolute Gasteiger partial charge is 0.444 e. The molecule has 5 atom stereocenters. The number of carbonyl (C=O) groups excluding carboxylic acids is 3. The molecule has 5 unspecified atom stereocenters. The lowest BCUT2D eigenvalue weighted by atomic mass is 9.76. The molecule has 0 spiro atoms. The van der Waals surface area contributed by atoms with Crippen LogP contribution in [0, 0.1) is 5.92 Å². The van der Waals surface area contributed by atoms with E-state index in [1.54, 1.807) is 17.9 Å². The first-order chi connectivity index (χ1) is 12.5. The molecule has 3 saturated heterocycles. The summed E-state index contributed by atoms with van der Waals surface area (Å²) in [4.78, 5) is 46.4. The van der Waals surface area contributed by atoms with Crippen molar-refractivity contribution < 1.29 is 19.1 Å². The van der Waals surface area contributed by atoms with Gasteiger partial charge in [0.15, 0.2) is 0 Å². The zero-order chi connectivity index (χ0) is 18.3. The van der Waals surface area contributed by atoms with Gasteiger partial charge in [0.1, 0.15) is 24.2 Å². The third kappa shape index (κ3) is 2.97. The lowest BCUT2D eigenvalue weighted by Gasteiger charge is -2.50. The Kier molecular flexibility index (Phi) is 4.21. The van der Waals surface area contributed by atoms with Crippen molar-refractivity contribution >= 4 is 17.9 Å². The fourth-order valence-electron chi connectivity index (χ4n) is 4.23. The molecule has 3 aliphatic heterocycles. The van der Waals surface area contributed by atoms with E-state index in [9.17, 15) is 14.4 Å². The number of hydrogen-bond acceptors (Lipinski definition) is 6. The quantitative estimate of drug-likeness (QED) is 0.790. The summed E-state index contributed by atoms with van der Waals surface area (Å²) in [6.07, 6.45) is 4.51. The van der Waals surface area contributed by atoms with E-state index >= 15 is 0 Å². The Balaban J connectivity index is 1.48. The predicted molar refractivity (Wildman–Crippen MR) is 89.0 cm³/mol. The van der Waals surface area contributed by atoms with Crippen molar-refractivity contribution in [1.82, 2.24) is 25.5 Å². The summed E-state index contributed by atoms with van der Waals surface area (Å²) in [5.41, 5.74) is 0.310. The average molecular weight is 359 g/mol. The molecule has 5 rings (SSSR count). The molecule has 26 heavy (non-hydrogen) atoms. The Bertz CT molecular complexity index is 727. The molecule has 4 fully saturated rings. The Morgan fingerprint density at radius 2 is 2.23 bits per heavy atom. The van der Waals surface area contributed by atoms with Crippen molar-refractivity contribution in [3.05, 3.63) is 24.3 Å². The van der Waals surface area contributed by atoms with Gasteiger partial charge in [0.25, 0.3) is 5.91 Å². The van der Waals surface area contributed by atoms with Gasteiger partial charge in [-0.15, -0.1) is 0 Å². The van der Waals surface area contributed by atoms with Crippen molar-refractivity contribution in [3.8, 4) is 0 Å². The summed E-state index contributed by atoms with van der Waals surface area (Å²) in [6.45, 7) is 2.36. The Hall–Kier alpha value is -2.71. The smallest absolute Gasteiger partial charge is 0.408 e. The van der Waals surface area contributed by atoms with E-state index in [4.69, 9.17) is 4.74 Å². The lowest BCUT2D eigenvalue weighted by Crippen LogP contribution is -2.65. The normalized spacial score (nSPS) is 32.7. The second kappa shape index (κ2) is 6.54. The van der Waals surface area contributed by atoms with Crippen LogP contribution in [-0.4, -0.2) is 63.5 Å². The molecule has 2 bridgehead atoms. The number of piperidine rings is 2. The minimum Gasteiger partial charge on any atom is -0.444 e. The van der Waals surface area contributed by atoms with Crippen molar-refractivity contribution in [2.24, 2.45) is 5.92 Å². The number of amides is 3. The van der Waals surface area contributed by atoms with Crippen LogP contribution in [-0.2, 0) is 9.53 Å². The number of nitrogens with zero attached hydrogens (tertiary/aromatic N) is 3. The first-order valence-electron chi connectivity index (χ1n) is 8.87. The van der Waals surface area contributed by atoms with Gasteiger partial charge in [-0.1, -0.05) is 0 Å². The van der Waals surface area contributed by atoms with Crippen molar-refractivity contribution in [2.75, 3.05) is 6.54 Å². The highest BCUT2D eigenvalue weighted by atomic mass is 16.6. The van der Waals surface area contributed by atoms with E-state index in [0.29, 0.717) is 18.2 Å². The minimum absolute atomic E-state index is 0.0806. The highest BCUT2D eigenvalue weighted by Crippen LogP contribution is 2.36. The van der Waals surface area contributed by atoms with Crippen LogP contribution in [0.3, 0.4) is 0 Å². The third-order valence-corrected chi connectivity index (χ3v) is 5.49. The highest BCUT2D eigenvalue weighted by molar-refractivity contribution is 5.92. The number of nitrogens with one attached hydrogen (secondary N) is 2. The number of carbonyl (C=O) groups is 3. The molecular weight excluding hydrogens is 338 g/mol. The van der Waals surface area contributed by atoms with E-state index < -0.39 is 18.2 Å². The summed E-state index contributed by atoms with van der Waals surface area (Å²) < 4.78 is 5.03. The van der Waals surface area contributed by atoms with Gasteiger partial charge in [0, 0.05) is 18.8 Å². The predicted octanol–water partition coefficient (Wildman–Crippen LogP) is 0.0828. The second-order valence-corrected chi connectivity index (χ2v) is 7.14. The van der Waals surface area contributed by atoms with Gasteiger partial charge in [0.2, 0.25) is 5.91 Å². The van der Waals surface area contributed by atoms with Gasteiger partial charge in [-0.25, -0.2) is 14.8 Å². The molecule has 138 valence electrons. The number of hydrogen-bond donors (Lipinski definition) is 2. The molecule has 9 heteroatoms. The van der Waals surface area contributed by atoms with Crippen LogP contribution in [0.5, 0.6) is 0 Å². The molecule has 0 aromatic carbocycles. The molecule has 2 N–H and O–H groups in total. The Morgan fingerprint density at radius 3 is 2.88 bits per heavy atom. The summed E-state index contributed by atoms with van der Waals surface area (Å²) in [5.74, 6) is -0.0600. The zero-order valence-corrected chi connectivity index (χ0v) is 14.4. The lowest BCUT2D eigenvalue weighted by molar-refractivity contribution is -0.143. The van der Waals surface area contributed by atoms with Crippen LogP contribution in [0.15, 0.2) is 18.6 Å². The van der Waals surface area contributed by atoms with Gasteiger partial charge in [-0.05, 0) is 38.2 Å². The van der Waals surface area contributed by atoms with E-state index in [-0.39, 0.29) is 23.9 Å². The molecule has 1 aliphatic carbocycles. The second-order valence-electron chi connectivity index (χ2n) is 7.14. The van der Waals surface area contributed by atoms with Crippen LogP contribution in [0.1, 0.15) is 36.7 Å². The maximum Gasteiger partial charge on any atom is 0.408 e. The first-order valence-corrected chi connectivity index (χ1v) is 8.87. The van der Waals surface area contributed by atoms with E-state index in [1.165, 1.54) is 12.5 Å². The standard InChI is InChI=1S/C17H21N5O4/c1-9-14(21-17(25)26-9)16(24)22-7-10-2-3-13(22)12(6-10)20-15(23)11-4-5-18-8-19-11/h4-5,8-10,12-14H,2-3,6-7H2,1H3,(H,20,23)(H,21,25). The molecule has 3 amide bonds. The van der Waals surface area contributed by atoms with Gasteiger partial charge < -0.3 is 20.3 Å². The zero-order valence-electron chi connectivity index (χ0n) is 14.4. The number of aromatic nitrogens is 2. The molecule has 4 aliphatic rings. The first kappa shape index (κ1) is 16.7. The van der Waals surface area contributed by atoms with Gasteiger partial charge >= 0.3 is 6.09 Å². The van der Waals surface area contributed by atoms with Gasteiger partial charge in [-0.2, -0.15) is 0 Å². The molecule has 1 aromatic rings. The molecule has 0 radical (unpaired) electrons. The van der Waals surface area contributed by atoms with Crippen LogP contribution in [0.25, 0.3) is 0 Å². The van der Waals surface area contributed by atoms with Crippen LogP contribution in [0.4, 0.5) is 4.79 Å². The van der Waals surface area contributed by atoms with E-state index in [2.05, 4.69) is 20.6 Å². The summed E-state index contributed by atoms with van der Waals surface area (Å²) in [5, 5.41) is 5.61. The minimum atomic E-state index is -0.667. The maximum absolute atomic E-state index is 12.9. The maximum atomic E-state index is 12.9. The SMILES string of the molecule is CC1OC(=O)NC1C(=O)N1CC2CCC1C(NC(=O)c1ccncn1)C2. The third-order valence-electron chi connectivity index (χ3n) is 5.49. The summed E-state index contributed by atoms with van der Waals surface area (Å²) >= 11 is 0. The molecule has 9 nitrogen and oxygen atoms in total. The number of ether oxygens (including phenoxy) is 1. The number of rotatable bonds is 3. The monoisotopic (exact) mass is 359 g/mol. The van der Waals surface area contributed by atoms with Crippen LogP contribution >= 0.6 is 0 Å². The van der Waals surface area contributed by atoms with Crippen LogP contribution in [0.2, 0.25) is 0 Å². The van der Waals surface area contributed by atoms with Crippen molar-refractivity contribution in [3.63, 3.8) is 0 Å². The number of fused-ring (bicyclic) bond motifs is 3. The average Bonchev–Trinajstić information content (AvgIpc) is 3.00.